The molecule has 1 nitrogen and oxygen atoms in total. The lowest BCUT2D eigenvalue weighted by molar-refractivity contribution is 1.29. The molecular formula is C24H17N. The van der Waals surface area contributed by atoms with Gasteiger partial charge in [0.2, 0.25) is 0 Å². The van der Waals surface area contributed by atoms with Crippen LogP contribution in [0.5, 0.6) is 0 Å². The maximum atomic E-state index is 6.45. The minimum Gasteiger partial charge on any atom is -0.398 e. The Morgan fingerprint density at radius 3 is 1.24 bits per heavy atom. The quantitative estimate of drug-likeness (QED) is 0.410. The molecule has 0 fully saturated rings. The van der Waals surface area contributed by atoms with E-state index in [4.69, 9.17) is 5.73 Å². The summed E-state index contributed by atoms with van der Waals surface area (Å²) in [5, 5.41) is 9.73. The molecule has 2 N–H and O–H groups in total. The molecule has 0 saturated heterocycles. The first-order chi connectivity index (χ1) is 12.3. The normalized spacial score (nSPS) is 17.1. The van der Waals surface area contributed by atoms with Gasteiger partial charge in [-0.1, -0.05) is 84.9 Å². The molecule has 1 heteroatoms. The highest BCUT2D eigenvalue weighted by Crippen LogP contribution is 2.15. The molecule has 4 aromatic rings. The molecule has 0 aromatic heterocycles. The van der Waals surface area contributed by atoms with Gasteiger partial charge in [0.25, 0.3) is 0 Å². The van der Waals surface area contributed by atoms with Gasteiger partial charge in [-0.15, -0.1) is 0 Å². The Morgan fingerprint density at radius 1 is 0.360 bits per heavy atom. The third-order valence-electron chi connectivity index (χ3n) is 5.02. The number of hydrogen-bond donors (Lipinski definition) is 1. The number of hydrogen-bond acceptors (Lipinski definition) is 1. The van der Waals surface area contributed by atoms with Crippen molar-refractivity contribution < 1.29 is 0 Å². The van der Waals surface area contributed by atoms with Crippen molar-refractivity contribution in [3.63, 3.8) is 0 Å². The third kappa shape index (κ3) is 2.03. The Labute approximate surface area is 144 Å². The first kappa shape index (κ1) is 14.1. The summed E-state index contributed by atoms with van der Waals surface area (Å²) in [6.45, 7) is 0. The highest BCUT2D eigenvalue weighted by molar-refractivity contribution is 5.44. The number of rotatable bonds is 0. The van der Waals surface area contributed by atoms with Gasteiger partial charge in [-0.05, 0) is 42.6 Å². The average molecular weight is 319 g/mol. The van der Waals surface area contributed by atoms with E-state index in [9.17, 15) is 0 Å². The molecule has 0 aliphatic heterocycles. The molecule has 0 spiro atoms. The minimum atomic E-state index is 0.819. The predicted molar refractivity (Wildman–Crippen MR) is 101 cm³/mol. The summed E-state index contributed by atoms with van der Waals surface area (Å²) in [7, 11) is 0. The van der Waals surface area contributed by atoms with E-state index in [0.29, 0.717) is 0 Å². The lowest BCUT2D eigenvalue weighted by Gasteiger charge is -2.04. The van der Waals surface area contributed by atoms with Crippen LogP contribution in [0.25, 0.3) is 0 Å². The monoisotopic (exact) mass is 319 g/mol. The summed E-state index contributed by atoms with van der Waals surface area (Å²) >= 11 is 0. The molecule has 0 atom stereocenters. The standard InChI is InChI=1S/C24H17N/c25-23-15-7-14-22-20-11-4-3-10-18(20)16-8-1-2-9-17(16)19-12-5-6-13-21(19)24(22)23/h1-15H,25H2/b18-16-,19-17-,22-20-,24-21+. The molecule has 0 saturated carbocycles. The van der Waals surface area contributed by atoms with Crippen LogP contribution in [-0.4, -0.2) is 0 Å². The smallest absolute Gasteiger partial charge is 0.0400 e. The van der Waals surface area contributed by atoms with Gasteiger partial charge in [0, 0.05) is 10.9 Å². The minimum absolute atomic E-state index is 0.819. The molecule has 118 valence electrons. The van der Waals surface area contributed by atoms with E-state index in [1.807, 2.05) is 12.1 Å². The van der Waals surface area contributed by atoms with Gasteiger partial charge in [0.1, 0.15) is 0 Å². The maximum Gasteiger partial charge on any atom is 0.0400 e. The molecular weight excluding hydrogens is 302 g/mol. The second-order valence-electron chi connectivity index (χ2n) is 6.41. The molecule has 0 heterocycles. The van der Waals surface area contributed by atoms with Gasteiger partial charge in [-0.25, -0.2) is 0 Å². The van der Waals surface area contributed by atoms with Crippen LogP contribution in [0.4, 0.5) is 5.69 Å². The topological polar surface area (TPSA) is 26.0 Å². The SMILES string of the molecule is Nc1cccc2/c1=c1/cccc/c1=c1\cccc\c1=c1/cccc/c1=2. The van der Waals surface area contributed by atoms with Crippen molar-refractivity contribution in [2.75, 3.05) is 5.73 Å². The number of nitrogens with two attached hydrogens (primary N) is 1. The van der Waals surface area contributed by atoms with Crippen molar-refractivity contribution >= 4 is 5.69 Å². The van der Waals surface area contributed by atoms with Crippen LogP contribution in [0.1, 0.15) is 0 Å². The van der Waals surface area contributed by atoms with Crippen LogP contribution in [-0.2, 0) is 0 Å². The van der Waals surface area contributed by atoms with Crippen molar-refractivity contribution in [1.29, 1.82) is 0 Å². The summed E-state index contributed by atoms with van der Waals surface area (Å²) in [5.41, 5.74) is 7.27. The Kier molecular flexibility index (Phi) is 3.01. The van der Waals surface area contributed by atoms with Crippen molar-refractivity contribution in [2.45, 2.75) is 0 Å². The molecule has 25 heavy (non-hydrogen) atoms. The van der Waals surface area contributed by atoms with Gasteiger partial charge in [-0.3, -0.25) is 0 Å². The van der Waals surface area contributed by atoms with Crippen molar-refractivity contribution in [2.24, 2.45) is 0 Å². The largest absolute Gasteiger partial charge is 0.398 e. The van der Waals surface area contributed by atoms with E-state index in [-0.39, 0.29) is 0 Å². The second kappa shape index (κ2) is 5.35. The third-order valence-corrected chi connectivity index (χ3v) is 5.02. The first-order valence-electron chi connectivity index (χ1n) is 8.51. The lowest BCUT2D eigenvalue weighted by atomic mass is 10.0. The molecule has 0 amide bonds. The highest BCUT2D eigenvalue weighted by atomic mass is 14.5. The molecule has 4 aromatic carbocycles. The summed E-state index contributed by atoms with van der Waals surface area (Å²) < 4.78 is 0. The van der Waals surface area contributed by atoms with Crippen LogP contribution < -0.4 is 5.73 Å². The average Bonchev–Trinajstić information content (AvgIpc) is 2.67. The summed E-state index contributed by atoms with van der Waals surface area (Å²) in [6.07, 6.45) is 0. The summed E-state index contributed by atoms with van der Waals surface area (Å²) in [5.74, 6) is 0. The van der Waals surface area contributed by atoms with Crippen LogP contribution in [0.15, 0.2) is 91.0 Å². The van der Waals surface area contributed by atoms with Gasteiger partial charge in [0.15, 0.2) is 0 Å². The molecule has 0 radical (unpaired) electrons. The van der Waals surface area contributed by atoms with E-state index in [1.54, 1.807) is 0 Å². The van der Waals surface area contributed by atoms with Gasteiger partial charge in [0.05, 0.1) is 0 Å². The highest BCUT2D eigenvalue weighted by Gasteiger charge is 2.01. The molecule has 1 aliphatic rings. The Hall–Kier alpha value is -3.32. The van der Waals surface area contributed by atoms with Crippen LogP contribution in [0, 0.1) is 41.7 Å². The van der Waals surface area contributed by atoms with Crippen molar-refractivity contribution in [3.05, 3.63) is 133 Å². The van der Waals surface area contributed by atoms with Crippen molar-refractivity contribution in [3.8, 4) is 0 Å². The van der Waals surface area contributed by atoms with Crippen LogP contribution in [0.3, 0.4) is 0 Å². The second-order valence-corrected chi connectivity index (χ2v) is 6.41. The van der Waals surface area contributed by atoms with E-state index < -0.39 is 0 Å². The molecule has 0 unspecified atom stereocenters. The van der Waals surface area contributed by atoms with E-state index in [1.165, 1.54) is 36.5 Å². The van der Waals surface area contributed by atoms with Crippen LogP contribution >= 0.6 is 0 Å². The summed E-state index contributed by atoms with van der Waals surface area (Å²) in [6, 6.07) is 32.0. The van der Waals surface area contributed by atoms with Crippen LogP contribution in [0.2, 0.25) is 0 Å². The zero-order chi connectivity index (χ0) is 16.8. The fourth-order valence-electron chi connectivity index (χ4n) is 3.94. The number of fused-ring (bicyclic) bond motifs is 4. The maximum absolute atomic E-state index is 6.45. The number of benzene rings is 4. The van der Waals surface area contributed by atoms with Crippen molar-refractivity contribution in [1.82, 2.24) is 0 Å². The van der Waals surface area contributed by atoms with Gasteiger partial charge >= 0.3 is 0 Å². The van der Waals surface area contributed by atoms with E-state index in [2.05, 4.69) is 78.9 Å². The Balaban J connectivity index is 2.49. The zero-order valence-electron chi connectivity index (χ0n) is 13.7. The number of nitrogen functional groups attached to an aromatic ring is 1. The fraction of sp³-hybridized carbons (Fsp3) is 0. The summed E-state index contributed by atoms with van der Waals surface area (Å²) in [4.78, 5) is 0. The predicted octanol–water partition coefficient (Wildman–Crippen LogP) is 4.73. The van der Waals surface area contributed by atoms with Gasteiger partial charge in [-0.2, -0.15) is 0 Å². The number of anilines is 1. The Morgan fingerprint density at radius 2 is 0.720 bits per heavy atom. The Bertz CT molecular complexity index is 1500. The van der Waals surface area contributed by atoms with E-state index in [0.717, 1.165) is 10.9 Å². The van der Waals surface area contributed by atoms with Gasteiger partial charge < -0.3 is 5.73 Å². The zero-order valence-corrected chi connectivity index (χ0v) is 13.7. The lowest BCUT2D eigenvalue weighted by Crippen LogP contribution is -1.93. The van der Waals surface area contributed by atoms with E-state index >= 15 is 0 Å². The first-order valence-corrected chi connectivity index (χ1v) is 8.51. The molecule has 1 aliphatic carbocycles. The fourth-order valence-corrected chi connectivity index (χ4v) is 3.94. The molecule has 5 rings (SSSR count). The molecule has 0 bridgehead atoms.